The fraction of sp³-hybridized carbons (Fsp3) is 0.500. The second-order valence-corrected chi connectivity index (χ2v) is 8.60. The maximum Gasteiger partial charge on any atom is 0.338 e. The van der Waals surface area contributed by atoms with Crippen molar-refractivity contribution >= 4 is 21.5 Å². The van der Waals surface area contributed by atoms with Crippen LogP contribution in [0.5, 0.6) is 0 Å². The van der Waals surface area contributed by atoms with E-state index in [4.69, 9.17) is 10.5 Å². The summed E-state index contributed by atoms with van der Waals surface area (Å²) in [6.07, 6.45) is 0. The zero-order valence-corrected chi connectivity index (χ0v) is 13.4. The Morgan fingerprint density at radius 3 is 2.38 bits per heavy atom. The molecule has 0 aliphatic carbocycles. The molecule has 5 nitrogen and oxygen atoms in total. The van der Waals surface area contributed by atoms with Crippen molar-refractivity contribution in [2.45, 2.75) is 32.4 Å². The summed E-state index contributed by atoms with van der Waals surface area (Å²) in [7, 11) is -3.37. The van der Waals surface area contributed by atoms with Crippen LogP contribution in [0.15, 0.2) is 12.1 Å². The average molecular weight is 317 g/mol. The number of nitrogen functional groups attached to an aromatic ring is 1. The van der Waals surface area contributed by atoms with Gasteiger partial charge < -0.3 is 10.5 Å². The van der Waals surface area contributed by atoms with Gasteiger partial charge in [0.1, 0.15) is 12.4 Å². The van der Waals surface area contributed by atoms with E-state index in [2.05, 4.69) is 0 Å². The lowest BCUT2D eigenvalue weighted by Gasteiger charge is -2.18. The third-order valence-corrected chi connectivity index (χ3v) is 5.71. The maximum absolute atomic E-state index is 13.5. The van der Waals surface area contributed by atoms with E-state index in [1.54, 1.807) is 20.8 Å². The average Bonchev–Trinajstić information content (AvgIpc) is 2.33. The number of sulfone groups is 1. The van der Waals surface area contributed by atoms with Crippen molar-refractivity contribution in [3.8, 4) is 0 Å². The Kier molecular flexibility index (Phi) is 4.99. The first-order valence-corrected chi connectivity index (χ1v) is 8.06. The van der Waals surface area contributed by atoms with Gasteiger partial charge in [-0.1, -0.05) is 0 Å². The van der Waals surface area contributed by atoms with Crippen molar-refractivity contribution in [1.82, 2.24) is 0 Å². The Bertz CT molecular complexity index is 624. The summed E-state index contributed by atoms with van der Waals surface area (Å²) >= 11 is 0. The molecule has 0 aliphatic rings. The van der Waals surface area contributed by atoms with E-state index in [-0.39, 0.29) is 29.2 Å². The summed E-state index contributed by atoms with van der Waals surface area (Å²) in [6, 6.07) is 2.32. The van der Waals surface area contributed by atoms with Crippen molar-refractivity contribution < 1.29 is 22.3 Å². The molecule has 0 fully saturated rings. The quantitative estimate of drug-likeness (QED) is 0.679. The van der Waals surface area contributed by atoms with E-state index >= 15 is 0 Å². The molecule has 118 valence electrons. The number of rotatable bonds is 4. The number of hydrogen-bond acceptors (Lipinski definition) is 5. The lowest BCUT2D eigenvalue weighted by atomic mass is 10.1. The summed E-state index contributed by atoms with van der Waals surface area (Å²) in [5.74, 6) is -1.69. The van der Waals surface area contributed by atoms with E-state index in [1.165, 1.54) is 13.0 Å². The highest BCUT2D eigenvalue weighted by Gasteiger charge is 2.28. The lowest BCUT2D eigenvalue weighted by molar-refractivity contribution is 0.0528. The van der Waals surface area contributed by atoms with Crippen LogP contribution in [0.3, 0.4) is 0 Å². The standard InChI is InChI=1S/C14H20FNO4S/c1-9-11(15)7-10(8-12(9)16)13(17)20-5-6-21(18,19)14(2,3)4/h7-8H,5-6,16H2,1-4H3. The summed E-state index contributed by atoms with van der Waals surface area (Å²) in [6.45, 7) is 5.92. The van der Waals surface area contributed by atoms with Crippen LogP contribution < -0.4 is 5.73 Å². The molecule has 0 aromatic heterocycles. The molecule has 0 bridgehead atoms. The number of anilines is 1. The Balaban J connectivity index is 2.72. The zero-order valence-electron chi connectivity index (χ0n) is 12.6. The van der Waals surface area contributed by atoms with Gasteiger partial charge in [0, 0.05) is 11.3 Å². The van der Waals surface area contributed by atoms with Crippen LogP contribution >= 0.6 is 0 Å². The molecule has 0 aliphatic heterocycles. The van der Waals surface area contributed by atoms with Gasteiger partial charge in [-0.05, 0) is 39.8 Å². The fourth-order valence-corrected chi connectivity index (χ4v) is 2.37. The number of ether oxygens (including phenoxy) is 1. The number of carbonyl (C=O) groups excluding carboxylic acids is 1. The number of halogens is 1. The van der Waals surface area contributed by atoms with Gasteiger partial charge in [0.05, 0.1) is 16.1 Å². The number of nitrogens with two attached hydrogens (primary N) is 1. The molecule has 1 aromatic carbocycles. The number of hydrogen-bond donors (Lipinski definition) is 1. The first-order valence-electron chi connectivity index (χ1n) is 6.41. The molecule has 7 heteroatoms. The van der Waals surface area contributed by atoms with Gasteiger partial charge in [-0.3, -0.25) is 0 Å². The van der Waals surface area contributed by atoms with Crippen LogP contribution in [-0.2, 0) is 14.6 Å². The van der Waals surface area contributed by atoms with Crippen LogP contribution in [-0.4, -0.2) is 31.5 Å². The smallest absolute Gasteiger partial charge is 0.338 e. The molecule has 2 N–H and O–H groups in total. The van der Waals surface area contributed by atoms with Crippen molar-refractivity contribution in [3.63, 3.8) is 0 Å². The van der Waals surface area contributed by atoms with Crippen molar-refractivity contribution in [1.29, 1.82) is 0 Å². The minimum atomic E-state index is -3.37. The van der Waals surface area contributed by atoms with Crippen LogP contribution in [0.25, 0.3) is 0 Å². The SMILES string of the molecule is Cc1c(N)cc(C(=O)OCCS(=O)(=O)C(C)(C)C)cc1F. The molecule has 0 atom stereocenters. The first-order chi connectivity index (χ1) is 9.45. The van der Waals surface area contributed by atoms with E-state index in [0.29, 0.717) is 0 Å². The fourth-order valence-electron chi connectivity index (χ4n) is 1.45. The monoisotopic (exact) mass is 317 g/mol. The third-order valence-electron chi connectivity index (χ3n) is 3.14. The lowest BCUT2D eigenvalue weighted by Crippen LogP contribution is -2.32. The Morgan fingerprint density at radius 2 is 1.90 bits per heavy atom. The Hall–Kier alpha value is -1.63. The molecule has 0 amide bonds. The Labute approximate surface area is 124 Å². The first kappa shape index (κ1) is 17.4. The second-order valence-electron chi connectivity index (χ2n) is 5.74. The van der Waals surface area contributed by atoms with Gasteiger partial charge in [0.25, 0.3) is 0 Å². The van der Waals surface area contributed by atoms with Gasteiger partial charge in [0.2, 0.25) is 0 Å². The number of carbonyl (C=O) groups is 1. The third kappa shape index (κ3) is 4.17. The number of esters is 1. The molecular formula is C14H20FNO4S. The molecule has 0 radical (unpaired) electrons. The Morgan fingerprint density at radius 1 is 1.33 bits per heavy atom. The number of benzene rings is 1. The summed E-state index contributed by atoms with van der Waals surface area (Å²) < 4.78 is 41.1. The summed E-state index contributed by atoms with van der Waals surface area (Å²) in [5, 5.41) is 0. The minimum absolute atomic E-state index is 0.0382. The van der Waals surface area contributed by atoms with Crippen LogP contribution in [0.1, 0.15) is 36.7 Å². The van der Waals surface area contributed by atoms with Crippen molar-refractivity contribution in [2.75, 3.05) is 18.1 Å². The van der Waals surface area contributed by atoms with Gasteiger partial charge in [-0.25, -0.2) is 17.6 Å². The molecule has 1 rings (SSSR count). The second kappa shape index (κ2) is 6.01. The highest BCUT2D eigenvalue weighted by atomic mass is 32.2. The van der Waals surface area contributed by atoms with Crippen LogP contribution in [0.4, 0.5) is 10.1 Å². The largest absolute Gasteiger partial charge is 0.461 e. The van der Waals surface area contributed by atoms with Crippen molar-refractivity contribution in [3.05, 3.63) is 29.1 Å². The van der Waals surface area contributed by atoms with E-state index < -0.39 is 26.4 Å². The normalized spacial score (nSPS) is 12.2. The molecule has 0 unspecified atom stereocenters. The molecule has 0 heterocycles. The highest BCUT2D eigenvalue weighted by molar-refractivity contribution is 7.92. The maximum atomic E-state index is 13.5. The molecule has 0 spiro atoms. The van der Waals surface area contributed by atoms with E-state index in [0.717, 1.165) is 6.07 Å². The summed E-state index contributed by atoms with van der Waals surface area (Å²) in [4.78, 5) is 11.8. The highest BCUT2D eigenvalue weighted by Crippen LogP contribution is 2.19. The predicted octanol–water partition coefficient (Wildman–Crippen LogP) is 2.09. The topological polar surface area (TPSA) is 86.5 Å². The molecule has 0 saturated heterocycles. The summed E-state index contributed by atoms with van der Waals surface area (Å²) in [5.41, 5.74) is 5.93. The molecular weight excluding hydrogens is 297 g/mol. The van der Waals surface area contributed by atoms with Crippen LogP contribution in [0.2, 0.25) is 0 Å². The molecule has 21 heavy (non-hydrogen) atoms. The van der Waals surface area contributed by atoms with E-state index in [9.17, 15) is 17.6 Å². The van der Waals surface area contributed by atoms with Gasteiger partial charge in [-0.2, -0.15) is 0 Å². The van der Waals surface area contributed by atoms with Gasteiger partial charge >= 0.3 is 5.97 Å². The minimum Gasteiger partial charge on any atom is -0.461 e. The predicted molar refractivity (Wildman–Crippen MR) is 79.4 cm³/mol. The van der Waals surface area contributed by atoms with Crippen molar-refractivity contribution in [2.24, 2.45) is 0 Å². The van der Waals surface area contributed by atoms with Gasteiger partial charge in [0.15, 0.2) is 9.84 Å². The molecule has 0 saturated carbocycles. The van der Waals surface area contributed by atoms with Crippen LogP contribution in [0, 0.1) is 12.7 Å². The molecule has 1 aromatic rings. The van der Waals surface area contributed by atoms with Gasteiger partial charge in [-0.15, -0.1) is 0 Å². The zero-order chi connectivity index (χ0) is 16.4. The van der Waals surface area contributed by atoms with E-state index in [1.807, 2.05) is 0 Å².